The highest BCUT2D eigenvalue weighted by Gasteiger charge is 2.28. The lowest BCUT2D eigenvalue weighted by atomic mass is 10.1. The molecule has 0 atom stereocenters. The SMILES string of the molecule is Cc1cc(C)cc(CN2CCN(c3nc(C)nc4onc(C)c34)CC2=O)c1. The molecule has 0 spiro atoms. The largest absolute Gasteiger partial charge is 0.345 e. The maximum Gasteiger partial charge on any atom is 0.263 e. The third kappa shape index (κ3) is 3.37. The van der Waals surface area contributed by atoms with Crippen molar-refractivity contribution in [2.75, 3.05) is 24.5 Å². The summed E-state index contributed by atoms with van der Waals surface area (Å²) in [7, 11) is 0. The van der Waals surface area contributed by atoms with Crippen molar-refractivity contribution in [1.82, 2.24) is 20.0 Å². The molecule has 3 aromatic rings. The first-order chi connectivity index (χ1) is 12.9. The number of nitrogens with zero attached hydrogens (tertiary/aromatic N) is 5. The molecule has 0 saturated carbocycles. The van der Waals surface area contributed by atoms with Crippen molar-refractivity contribution in [1.29, 1.82) is 0 Å². The Morgan fingerprint density at radius 1 is 1.04 bits per heavy atom. The Bertz CT molecular complexity index is 1010. The highest BCUT2D eigenvalue weighted by Crippen LogP contribution is 2.28. The summed E-state index contributed by atoms with van der Waals surface area (Å²) in [5.41, 5.74) is 4.82. The van der Waals surface area contributed by atoms with Gasteiger partial charge in [-0.25, -0.2) is 4.98 Å². The molecule has 7 heteroatoms. The van der Waals surface area contributed by atoms with Gasteiger partial charge in [-0.3, -0.25) is 4.79 Å². The van der Waals surface area contributed by atoms with E-state index in [9.17, 15) is 4.79 Å². The van der Waals surface area contributed by atoms with Gasteiger partial charge < -0.3 is 14.3 Å². The number of aryl methyl sites for hydroxylation is 4. The third-order valence-electron chi connectivity index (χ3n) is 4.87. The van der Waals surface area contributed by atoms with E-state index in [-0.39, 0.29) is 5.91 Å². The van der Waals surface area contributed by atoms with Gasteiger partial charge in [0.15, 0.2) is 0 Å². The minimum Gasteiger partial charge on any atom is -0.345 e. The number of benzene rings is 1. The summed E-state index contributed by atoms with van der Waals surface area (Å²) in [6, 6.07) is 6.43. The second-order valence-electron chi connectivity index (χ2n) is 7.28. The maximum absolute atomic E-state index is 12.8. The number of aromatic nitrogens is 3. The zero-order chi connectivity index (χ0) is 19.1. The lowest BCUT2D eigenvalue weighted by molar-refractivity contribution is -0.131. The van der Waals surface area contributed by atoms with Crippen molar-refractivity contribution in [2.24, 2.45) is 0 Å². The number of fused-ring (bicyclic) bond motifs is 1. The highest BCUT2D eigenvalue weighted by atomic mass is 16.5. The first-order valence-electron chi connectivity index (χ1n) is 9.11. The minimum atomic E-state index is 0.0962. The molecule has 1 saturated heterocycles. The highest BCUT2D eigenvalue weighted by molar-refractivity contribution is 5.91. The van der Waals surface area contributed by atoms with E-state index in [4.69, 9.17) is 4.52 Å². The molecule has 7 nitrogen and oxygen atoms in total. The normalized spacial score (nSPS) is 15.0. The first kappa shape index (κ1) is 17.5. The summed E-state index contributed by atoms with van der Waals surface area (Å²) in [6.07, 6.45) is 0. The lowest BCUT2D eigenvalue weighted by Gasteiger charge is -2.35. The van der Waals surface area contributed by atoms with Gasteiger partial charge in [-0.1, -0.05) is 34.5 Å². The van der Waals surface area contributed by atoms with E-state index in [0.29, 0.717) is 37.7 Å². The summed E-state index contributed by atoms with van der Waals surface area (Å²) in [5, 5.41) is 4.79. The van der Waals surface area contributed by atoms with Gasteiger partial charge in [0.25, 0.3) is 5.71 Å². The van der Waals surface area contributed by atoms with Crippen molar-refractivity contribution >= 4 is 22.8 Å². The maximum atomic E-state index is 12.8. The molecule has 0 radical (unpaired) electrons. The summed E-state index contributed by atoms with van der Waals surface area (Å²) in [4.78, 5) is 25.6. The van der Waals surface area contributed by atoms with Crippen molar-refractivity contribution in [3.05, 3.63) is 46.4 Å². The van der Waals surface area contributed by atoms with E-state index in [1.807, 2.05) is 23.6 Å². The molecule has 27 heavy (non-hydrogen) atoms. The zero-order valence-corrected chi connectivity index (χ0v) is 16.1. The topological polar surface area (TPSA) is 75.4 Å². The van der Waals surface area contributed by atoms with E-state index >= 15 is 0 Å². The van der Waals surface area contributed by atoms with Gasteiger partial charge in [-0.15, -0.1) is 0 Å². The molecule has 1 aromatic carbocycles. The van der Waals surface area contributed by atoms with E-state index in [1.165, 1.54) is 16.7 Å². The van der Waals surface area contributed by atoms with E-state index in [2.05, 4.69) is 47.2 Å². The lowest BCUT2D eigenvalue weighted by Crippen LogP contribution is -2.50. The second-order valence-corrected chi connectivity index (χ2v) is 7.28. The number of amides is 1. The predicted molar refractivity (Wildman–Crippen MR) is 103 cm³/mol. The fraction of sp³-hybridized carbons (Fsp3) is 0.400. The fourth-order valence-electron chi connectivity index (χ4n) is 3.74. The number of piperazine rings is 1. The number of carbonyl (C=O) groups excluding carboxylic acids is 1. The number of hydrogen-bond acceptors (Lipinski definition) is 6. The Hall–Kier alpha value is -2.96. The molecule has 2 aromatic heterocycles. The average molecular weight is 365 g/mol. The van der Waals surface area contributed by atoms with Gasteiger partial charge in [0.05, 0.1) is 12.2 Å². The van der Waals surface area contributed by atoms with Gasteiger partial charge in [-0.05, 0) is 33.3 Å². The van der Waals surface area contributed by atoms with Gasteiger partial charge in [0.2, 0.25) is 5.91 Å². The molecule has 1 amide bonds. The molecule has 3 heterocycles. The van der Waals surface area contributed by atoms with Crippen LogP contribution in [-0.4, -0.2) is 45.6 Å². The van der Waals surface area contributed by atoms with Crippen molar-refractivity contribution in [2.45, 2.75) is 34.2 Å². The monoisotopic (exact) mass is 365 g/mol. The van der Waals surface area contributed by atoms with Crippen LogP contribution in [0.2, 0.25) is 0 Å². The van der Waals surface area contributed by atoms with Crippen molar-refractivity contribution in [3.8, 4) is 0 Å². The molecule has 1 aliphatic rings. The van der Waals surface area contributed by atoms with Crippen LogP contribution in [0.25, 0.3) is 11.1 Å². The van der Waals surface area contributed by atoms with Crippen LogP contribution in [-0.2, 0) is 11.3 Å². The number of hydrogen-bond donors (Lipinski definition) is 0. The van der Waals surface area contributed by atoms with Crippen LogP contribution in [0.3, 0.4) is 0 Å². The molecule has 4 rings (SSSR count). The van der Waals surface area contributed by atoms with Gasteiger partial charge >= 0.3 is 0 Å². The molecular weight excluding hydrogens is 342 g/mol. The number of rotatable bonds is 3. The van der Waals surface area contributed by atoms with Crippen LogP contribution in [0.15, 0.2) is 22.7 Å². The summed E-state index contributed by atoms with van der Waals surface area (Å²) in [6.45, 7) is 10.2. The van der Waals surface area contributed by atoms with E-state index < -0.39 is 0 Å². The van der Waals surface area contributed by atoms with Crippen molar-refractivity contribution < 1.29 is 9.32 Å². The number of carbonyl (C=O) groups is 1. The molecule has 0 aliphatic carbocycles. The van der Waals surface area contributed by atoms with Crippen LogP contribution in [0.1, 0.15) is 28.2 Å². The minimum absolute atomic E-state index is 0.0962. The molecular formula is C20H23N5O2. The molecule has 0 N–H and O–H groups in total. The zero-order valence-electron chi connectivity index (χ0n) is 16.1. The van der Waals surface area contributed by atoms with Gasteiger partial charge in [-0.2, -0.15) is 4.98 Å². The van der Waals surface area contributed by atoms with Crippen molar-refractivity contribution in [3.63, 3.8) is 0 Å². The Balaban J connectivity index is 1.56. The van der Waals surface area contributed by atoms with Crippen LogP contribution in [0.5, 0.6) is 0 Å². The fourth-order valence-corrected chi connectivity index (χ4v) is 3.74. The van der Waals surface area contributed by atoms with Crippen LogP contribution >= 0.6 is 0 Å². The van der Waals surface area contributed by atoms with Crippen LogP contribution in [0.4, 0.5) is 5.82 Å². The molecule has 1 fully saturated rings. The van der Waals surface area contributed by atoms with E-state index in [0.717, 1.165) is 16.9 Å². The Labute approximate surface area is 158 Å². The quantitative estimate of drug-likeness (QED) is 0.710. The second kappa shape index (κ2) is 6.64. The first-order valence-corrected chi connectivity index (χ1v) is 9.11. The Morgan fingerprint density at radius 2 is 1.78 bits per heavy atom. The average Bonchev–Trinajstić information content (AvgIpc) is 2.96. The van der Waals surface area contributed by atoms with E-state index in [1.54, 1.807) is 0 Å². The predicted octanol–water partition coefficient (Wildman–Crippen LogP) is 2.70. The molecule has 0 unspecified atom stereocenters. The molecule has 140 valence electrons. The van der Waals surface area contributed by atoms with Crippen LogP contribution < -0.4 is 4.90 Å². The molecule has 0 bridgehead atoms. The van der Waals surface area contributed by atoms with Crippen LogP contribution in [0, 0.1) is 27.7 Å². The standard InChI is InChI=1S/C20H23N5O2/c1-12-7-13(2)9-16(8-12)10-24-5-6-25(11-17(24)26)19-18-14(3)23-27-20(18)22-15(4)21-19/h7-9H,5-6,10-11H2,1-4H3. The Kier molecular flexibility index (Phi) is 4.30. The summed E-state index contributed by atoms with van der Waals surface area (Å²) >= 11 is 0. The smallest absolute Gasteiger partial charge is 0.263 e. The Morgan fingerprint density at radius 3 is 2.48 bits per heavy atom. The van der Waals surface area contributed by atoms with Gasteiger partial charge in [0.1, 0.15) is 17.0 Å². The summed E-state index contributed by atoms with van der Waals surface area (Å²) < 4.78 is 5.29. The van der Waals surface area contributed by atoms with Gasteiger partial charge in [0, 0.05) is 19.6 Å². The molecule has 1 aliphatic heterocycles. The number of anilines is 1. The summed E-state index contributed by atoms with van der Waals surface area (Å²) in [5.74, 6) is 1.44. The third-order valence-corrected chi connectivity index (χ3v) is 4.87.